The van der Waals surface area contributed by atoms with E-state index in [0.29, 0.717) is 12.6 Å². The Morgan fingerprint density at radius 1 is 0.468 bits per heavy atom. The Kier molecular flexibility index (Phi) is 18.0. The fourth-order valence-electron chi connectivity index (χ4n) is 3.67. The van der Waals surface area contributed by atoms with Gasteiger partial charge in [-0.25, -0.2) is 9.97 Å². The van der Waals surface area contributed by atoms with Gasteiger partial charge in [-0.05, 0) is 35.4 Å². The Bertz CT molecular complexity index is 1490. The van der Waals surface area contributed by atoms with E-state index in [1.807, 2.05) is 72.8 Å². The molecule has 0 unspecified atom stereocenters. The summed E-state index contributed by atoms with van der Waals surface area (Å²) < 4.78 is 0. The molecule has 9 heteroatoms. The molecule has 0 spiro atoms. The number of rotatable bonds is 8. The first-order valence-electron chi connectivity index (χ1n) is 14.4. The molecule has 4 aromatic carbocycles. The first kappa shape index (κ1) is 37.4. The second-order valence-corrected chi connectivity index (χ2v) is 9.42. The van der Waals surface area contributed by atoms with Crippen LogP contribution in [-0.4, -0.2) is 22.5 Å². The van der Waals surface area contributed by atoms with Gasteiger partial charge in [-0.2, -0.15) is 0 Å². The summed E-state index contributed by atoms with van der Waals surface area (Å²) >= 11 is 0. The standard InChI is InChI=1S/2C12H12N2.2C7H6O2.Ni/c2*1-2-6-11(7-3-1)10-14-12-8-4-5-9-13-12;2*8-5-6-3-1-2-4-7(6)9;/h2*1-9H,10H2,(H,13,14);2*1-5,9H;/q;;;;+2/p-2. The number of para-hydroxylation sites is 2. The number of aromatic nitrogens is 2. The molecule has 0 aliphatic heterocycles. The predicted octanol–water partition coefficient (Wildman–Crippen LogP) is 6.53. The molecule has 47 heavy (non-hydrogen) atoms. The van der Waals surface area contributed by atoms with Gasteiger partial charge in [0, 0.05) is 36.6 Å². The molecule has 0 fully saturated rings. The van der Waals surface area contributed by atoms with Crippen LogP contribution in [0.25, 0.3) is 0 Å². The van der Waals surface area contributed by atoms with Gasteiger partial charge in [-0.3, -0.25) is 9.59 Å². The van der Waals surface area contributed by atoms with Gasteiger partial charge >= 0.3 is 16.5 Å². The van der Waals surface area contributed by atoms with Crippen molar-refractivity contribution < 1.29 is 36.3 Å². The van der Waals surface area contributed by atoms with E-state index in [9.17, 15) is 19.8 Å². The molecule has 0 saturated carbocycles. The van der Waals surface area contributed by atoms with E-state index in [0.717, 1.165) is 24.7 Å². The number of benzene rings is 4. The maximum Gasteiger partial charge on any atom is 2.00 e. The number of nitrogens with zero attached hydrogens (tertiary/aromatic N) is 2. The smallest absolute Gasteiger partial charge is 0.872 e. The molecule has 0 bridgehead atoms. The number of aldehydes is 2. The number of nitrogens with one attached hydrogen (secondary N) is 2. The average Bonchev–Trinajstić information content (AvgIpc) is 3.13. The molecule has 0 aliphatic rings. The van der Waals surface area contributed by atoms with E-state index in [1.165, 1.54) is 35.4 Å². The van der Waals surface area contributed by atoms with Crippen LogP contribution in [0.4, 0.5) is 11.6 Å². The minimum absolute atomic E-state index is 0. The van der Waals surface area contributed by atoms with E-state index >= 15 is 0 Å². The second kappa shape index (κ2) is 22.7. The van der Waals surface area contributed by atoms with Crippen LogP contribution in [0.2, 0.25) is 0 Å². The van der Waals surface area contributed by atoms with Crippen molar-refractivity contribution >= 4 is 24.2 Å². The van der Waals surface area contributed by atoms with Crippen molar-refractivity contribution in [3.05, 3.63) is 180 Å². The van der Waals surface area contributed by atoms with Gasteiger partial charge in [0.25, 0.3) is 0 Å². The Morgan fingerprint density at radius 3 is 1.11 bits per heavy atom. The zero-order valence-electron chi connectivity index (χ0n) is 25.4. The van der Waals surface area contributed by atoms with Crippen molar-refractivity contribution in [3.63, 3.8) is 0 Å². The molecular formula is C38H34N4NiO4. The van der Waals surface area contributed by atoms with Gasteiger partial charge in [-0.1, -0.05) is 133 Å². The van der Waals surface area contributed by atoms with Gasteiger partial charge in [0.1, 0.15) is 24.2 Å². The maximum absolute atomic E-state index is 10.6. The molecular weight excluding hydrogens is 635 g/mol. The largest absolute Gasteiger partial charge is 2.00 e. The number of carbonyl (C=O) groups is 2. The van der Waals surface area contributed by atoms with Crippen molar-refractivity contribution in [1.29, 1.82) is 0 Å². The van der Waals surface area contributed by atoms with Gasteiger partial charge in [0.05, 0.1) is 0 Å². The summed E-state index contributed by atoms with van der Waals surface area (Å²) in [6, 6.07) is 44.5. The van der Waals surface area contributed by atoms with Gasteiger partial charge in [0.15, 0.2) is 0 Å². The van der Waals surface area contributed by atoms with E-state index < -0.39 is 0 Å². The van der Waals surface area contributed by atoms with Crippen molar-refractivity contribution in [2.45, 2.75) is 13.1 Å². The van der Waals surface area contributed by atoms with E-state index in [2.05, 4.69) is 44.9 Å². The molecule has 6 rings (SSSR count). The molecule has 2 heterocycles. The van der Waals surface area contributed by atoms with Crippen LogP contribution in [0.15, 0.2) is 158 Å². The summed E-state index contributed by atoms with van der Waals surface area (Å²) in [6.07, 6.45) is 4.69. The normalized spacial score (nSPS) is 9.19. The monoisotopic (exact) mass is 668 g/mol. The Hall–Kier alpha value is -5.79. The molecule has 0 atom stereocenters. The third-order valence-corrected chi connectivity index (χ3v) is 6.05. The Balaban J connectivity index is 0.000000221. The van der Waals surface area contributed by atoms with Crippen LogP contribution in [0.3, 0.4) is 0 Å². The molecule has 2 aromatic heterocycles. The van der Waals surface area contributed by atoms with Crippen molar-refractivity contribution in [1.82, 2.24) is 9.97 Å². The number of pyridine rings is 2. The van der Waals surface area contributed by atoms with Crippen LogP contribution in [0, 0.1) is 0 Å². The van der Waals surface area contributed by atoms with Gasteiger partial charge in [0.2, 0.25) is 0 Å². The molecule has 240 valence electrons. The molecule has 8 nitrogen and oxygen atoms in total. The summed E-state index contributed by atoms with van der Waals surface area (Å²) in [4.78, 5) is 28.4. The van der Waals surface area contributed by atoms with E-state index in [1.54, 1.807) is 36.7 Å². The number of hydrogen-bond donors (Lipinski definition) is 2. The summed E-state index contributed by atoms with van der Waals surface area (Å²) in [5.74, 6) is 1.40. The van der Waals surface area contributed by atoms with Gasteiger partial charge in [-0.15, -0.1) is 0 Å². The second-order valence-electron chi connectivity index (χ2n) is 9.42. The summed E-state index contributed by atoms with van der Waals surface area (Å²) in [6.45, 7) is 1.63. The van der Waals surface area contributed by atoms with Crippen molar-refractivity contribution in [3.8, 4) is 11.5 Å². The number of hydrogen-bond acceptors (Lipinski definition) is 8. The topological polar surface area (TPSA) is 130 Å². The summed E-state index contributed by atoms with van der Waals surface area (Å²) in [5, 5.41) is 27.7. The predicted molar refractivity (Wildman–Crippen MR) is 179 cm³/mol. The van der Waals surface area contributed by atoms with Crippen molar-refractivity contribution in [2.24, 2.45) is 0 Å². The Morgan fingerprint density at radius 2 is 0.809 bits per heavy atom. The summed E-state index contributed by atoms with van der Waals surface area (Å²) in [7, 11) is 0. The molecule has 6 aromatic rings. The fraction of sp³-hybridized carbons (Fsp3) is 0.0526. The minimum Gasteiger partial charge on any atom is -0.872 e. The average molecular weight is 669 g/mol. The fourth-order valence-corrected chi connectivity index (χ4v) is 3.67. The van der Waals surface area contributed by atoms with Crippen LogP contribution >= 0.6 is 0 Å². The first-order chi connectivity index (χ1) is 22.6. The van der Waals surface area contributed by atoms with Crippen LogP contribution in [0.1, 0.15) is 31.8 Å². The van der Waals surface area contributed by atoms with Crippen LogP contribution in [0.5, 0.6) is 11.5 Å². The SMILES string of the molecule is O=Cc1ccccc1[O-].O=Cc1ccccc1[O-].[Ni+2].c1ccc(CNc2ccccn2)cc1.c1ccc(CNc2ccccn2)cc1. The van der Waals surface area contributed by atoms with Crippen molar-refractivity contribution in [2.75, 3.05) is 10.6 Å². The Labute approximate surface area is 285 Å². The number of carbonyl (C=O) groups excluding carboxylic acids is 2. The molecule has 0 aliphatic carbocycles. The minimum atomic E-state index is -0.215. The summed E-state index contributed by atoms with van der Waals surface area (Å²) in [5.41, 5.74) is 2.96. The van der Waals surface area contributed by atoms with Crippen LogP contribution in [-0.2, 0) is 29.6 Å². The zero-order valence-corrected chi connectivity index (χ0v) is 26.4. The number of anilines is 2. The third kappa shape index (κ3) is 15.2. The first-order valence-corrected chi connectivity index (χ1v) is 14.4. The van der Waals surface area contributed by atoms with Crippen LogP contribution < -0.4 is 20.8 Å². The molecule has 0 radical (unpaired) electrons. The molecule has 2 N–H and O–H groups in total. The molecule has 0 saturated heterocycles. The van der Waals surface area contributed by atoms with E-state index in [4.69, 9.17) is 0 Å². The quantitative estimate of drug-likeness (QED) is 0.138. The maximum atomic E-state index is 10.6. The third-order valence-electron chi connectivity index (χ3n) is 6.05. The van der Waals surface area contributed by atoms with Gasteiger partial charge < -0.3 is 20.8 Å². The van der Waals surface area contributed by atoms with E-state index in [-0.39, 0.29) is 39.1 Å². The molecule has 0 amide bonds. The zero-order chi connectivity index (χ0) is 32.7.